The number of benzene rings is 1. The van der Waals surface area contributed by atoms with E-state index in [9.17, 15) is 14.4 Å². The van der Waals surface area contributed by atoms with E-state index < -0.39 is 0 Å². The van der Waals surface area contributed by atoms with Crippen LogP contribution in [0.1, 0.15) is 35.7 Å². The molecule has 6 nitrogen and oxygen atoms in total. The number of imide groups is 1. The van der Waals surface area contributed by atoms with Crippen LogP contribution in [0.2, 0.25) is 0 Å². The van der Waals surface area contributed by atoms with Crippen molar-refractivity contribution in [2.24, 2.45) is 0 Å². The van der Waals surface area contributed by atoms with Gasteiger partial charge in [0.1, 0.15) is 0 Å². The maximum Gasteiger partial charge on any atom is 0.251 e. The molecule has 0 spiro atoms. The fourth-order valence-electron chi connectivity index (χ4n) is 2.19. The van der Waals surface area contributed by atoms with Crippen molar-refractivity contribution in [1.29, 1.82) is 0 Å². The molecule has 1 unspecified atom stereocenters. The Kier molecular flexibility index (Phi) is 5.27. The first kappa shape index (κ1) is 16.2. The van der Waals surface area contributed by atoms with Gasteiger partial charge in [0.05, 0.1) is 6.54 Å². The molecule has 0 aliphatic carbocycles. The van der Waals surface area contributed by atoms with Crippen LogP contribution in [0.15, 0.2) is 24.3 Å². The van der Waals surface area contributed by atoms with Gasteiger partial charge in [-0.2, -0.15) is 0 Å². The normalized spacial score (nSPS) is 16.0. The van der Waals surface area contributed by atoms with E-state index in [4.69, 9.17) is 0 Å². The highest BCUT2D eigenvalue weighted by molar-refractivity contribution is 6.01. The third-order valence-electron chi connectivity index (χ3n) is 3.77. The molecule has 2 N–H and O–H groups in total. The topological polar surface area (TPSA) is 78.5 Å². The van der Waals surface area contributed by atoms with Crippen LogP contribution in [0.4, 0.5) is 0 Å². The highest BCUT2D eigenvalue weighted by atomic mass is 16.2. The number of likely N-dealkylation sites (N-methyl/N-ethyl adjacent to an activating group) is 1. The van der Waals surface area contributed by atoms with Gasteiger partial charge in [0, 0.05) is 31.0 Å². The van der Waals surface area contributed by atoms with Crippen LogP contribution in [0.3, 0.4) is 0 Å². The molecule has 118 valence electrons. The van der Waals surface area contributed by atoms with Gasteiger partial charge in [0.2, 0.25) is 11.8 Å². The van der Waals surface area contributed by atoms with Crippen molar-refractivity contribution in [2.75, 3.05) is 13.6 Å². The predicted octanol–water partition coefficient (Wildman–Crippen LogP) is 0.673. The Balaban J connectivity index is 1.94. The van der Waals surface area contributed by atoms with Crippen molar-refractivity contribution >= 4 is 17.7 Å². The molecule has 2 rings (SSSR count). The first-order valence-corrected chi connectivity index (χ1v) is 7.39. The summed E-state index contributed by atoms with van der Waals surface area (Å²) in [6.07, 6.45) is 0.589. The molecule has 0 radical (unpaired) electrons. The summed E-state index contributed by atoms with van der Waals surface area (Å²) in [5.74, 6) is -0.400. The molecule has 0 saturated carbocycles. The summed E-state index contributed by atoms with van der Waals surface area (Å²) in [5, 5.41) is 5.88. The van der Waals surface area contributed by atoms with Crippen molar-refractivity contribution in [2.45, 2.75) is 32.4 Å². The summed E-state index contributed by atoms with van der Waals surface area (Å²) in [5.41, 5.74) is 1.40. The minimum absolute atomic E-state index is 0.132. The zero-order valence-corrected chi connectivity index (χ0v) is 12.9. The second-order valence-corrected chi connectivity index (χ2v) is 5.47. The van der Waals surface area contributed by atoms with Gasteiger partial charge in [-0.15, -0.1) is 0 Å². The number of nitrogens with one attached hydrogen (secondary N) is 2. The molecular formula is C16H21N3O3. The third kappa shape index (κ3) is 3.92. The largest absolute Gasteiger partial charge is 0.350 e. The Labute approximate surface area is 129 Å². The van der Waals surface area contributed by atoms with Gasteiger partial charge >= 0.3 is 0 Å². The second kappa shape index (κ2) is 7.17. The lowest BCUT2D eigenvalue weighted by Gasteiger charge is -2.14. The molecule has 0 aromatic heterocycles. The second-order valence-electron chi connectivity index (χ2n) is 5.47. The van der Waals surface area contributed by atoms with Crippen molar-refractivity contribution in [1.82, 2.24) is 15.5 Å². The molecule has 0 bridgehead atoms. The molecule has 1 atom stereocenters. The Morgan fingerprint density at radius 2 is 1.77 bits per heavy atom. The van der Waals surface area contributed by atoms with Gasteiger partial charge in [0.15, 0.2) is 0 Å². The molecule has 3 amide bonds. The Morgan fingerprint density at radius 1 is 1.18 bits per heavy atom. The lowest BCUT2D eigenvalue weighted by Crippen LogP contribution is -2.37. The molecule has 1 aliphatic heterocycles. The van der Waals surface area contributed by atoms with Gasteiger partial charge in [-0.3, -0.25) is 19.3 Å². The summed E-state index contributed by atoms with van der Waals surface area (Å²) >= 11 is 0. The minimum atomic E-state index is -0.137. The zero-order chi connectivity index (χ0) is 16.1. The fourth-order valence-corrected chi connectivity index (χ4v) is 2.19. The van der Waals surface area contributed by atoms with Crippen LogP contribution in [-0.2, 0) is 16.1 Å². The standard InChI is InChI=1S/C16H21N3O3/c1-11(17-2)9-18-16(22)13-5-3-12(4-6-13)10-19-14(20)7-8-15(19)21/h3-6,11,17H,7-10H2,1-2H3,(H,18,22). The maximum absolute atomic E-state index is 12.0. The Morgan fingerprint density at radius 3 is 2.32 bits per heavy atom. The number of amides is 3. The van der Waals surface area contributed by atoms with Crippen molar-refractivity contribution in [3.63, 3.8) is 0 Å². The van der Waals surface area contributed by atoms with Crippen LogP contribution in [-0.4, -0.2) is 42.3 Å². The molecule has 6 heteroatoms. The Bertz CT molecular complexity index is 553. The van der Waals surface area contributed by atoms with E-state index in [0.29, 0.717) is 24.9 Å². The van der Waals surface area contributed by atoms with Crippen LogP contribution < -0.4 is 10.6 Å². The molecule has 1 fully saturated rings. The fraction of sp³-hybridized carbons (Fsp3) is 0.438. The van der Waals surface area contributed by atoms with Crippen LogP contribution in [0.25, 0.3) is 0 Å². The van der Waals surface area contributed by atoms with E-state index in [0.717, 1.165) is 5.56 Å². The molecule has 1 saturated heterocycles. The van der Waals surface area contributed by atoms with Gasteiger partial charge in [-0.25, -0.2) is 0 Å². The van der Waals surface area contributed by atoms with E-state index in [2.05, 4.69) is 10.6 Å². The summed E-state index contributed by atoms with van der Waals surface area (Å²) < 4.78 is 0. The summed E-state index contributed by atoms with van der Waals surface area (Å²) in [7, 11) is 1.84. The average molecular weight is 303 g/mol. The molecule has 1 aromatic rings. The smallest absolute Gasteiger partial charge is 0.251 e. The lowest BCUT2D eigenvalue weighted by atomic mass is 10.1. The quantitative estimate of drug-likeness (QED) is 0.757. The SMILES string of the molecule is CNC(C)CNC(=O)c1ccc(CN2C(=O)CCC2=O)cc1. The average Bonchev–Trinajstić information content (AvgIpc) is 2.84. The summed E-state index contributed by atoms with van der Waals surface area (Å²) in [6, 6.07) is 7.17. The molecule has 1 aliphatic rings. The number of hydrogen-bond acceptors (Lipinski definition) is 4. The van der Waals surface area contributed by atoms with Gasteiger partial charge in [0.25, 0.3) is 5.91 Å². The molecular weight excluding hydrogens is 282 g/mol. The molecule has 1 aromatic carbocycles. The summed E-state index contributed by atoms with van der Waals surface area (Å²) in [4.78, 5) is 36.4. The zero-order valence-electron chi connectivity index (χ0n) is 12.9. The van der Waals surface area contributed by atoms with E-state index in [-0.39, 0.29) is 30.3 Å². The molecule has 1 heterocycles. The van der Waals surface area contributed by atoms with E-state index in [1.807, 2.05) is 14.0 Å². The van der Waals surface area contributed by atoms with Gasteiger partial charge < -0.3 is 10.6 Å². The first-order valence-electron chi connectivity index (χ1n) is 7.39. The minimum Gasteiger partial charge on any atom is -0.350 e. The predicted molar refractivity (Wildman–Crippen MR) is 82.1 cm³/mol. The number of rotatable bonds is 6. The van der Waals surface area contributed by atoms with Crippen LogP contribution in [0, 0.1) is 0 Å². The first-order chi connectivity index (χ1) is 10.5. The van der Waals surface area contributed by atoms with E-state index in [1.54, 1.807) is 24.3 Å². The highest BCUT2D eigenvalue weighted by Gasteiger charge is 2.28. The monoisotopic (exact) mass is 303 g/mol. The molecule has 22 heavy (non-hydrogen) atoms. The third-order valence-corrected chi connectivity index (χ3v) is 3.77. The van der Waals surface area contributed by atoms with Crippen molar-refractivity contribution < 1.29 is 14.4 Å². The number of carbonyl (C=O) groups is 3. The van der Waals surface area contributed by atoms with E-state index >= 15 is 0 Å². The van der Waals surface area contributed by atoms with Gasteiger partial charge in [-0.05, 0) is 31.7 Å². The van der Waals surface area contributed by atoms with Crippen LogP contribution in [0.5, 0.6) is 0 Å². The van der Waals surface area contributed by atoms with Gasteiger partial charge in [-0.1, -0.05) is 12.1 Å². The highest BCUT2D eigenvalue weighted by Crippen LogP contribution is 2.16. The van der Waals surface area contributed by atoms with Crippen molar-refractivity contribution in [3.8, 4) is 0 Å². The maximum atomic E-state index is 12.0. The number of hydrogen-bond donors (Lipinski definition) is 2. The van der Waals surface area contributed by atoms with Crippen molar-refractivity contribution in [3.05, 3.63) is 35.4 Å². The summed E-state index contributed by atoms with van der Waals surface area (Å²) in [6.45, 7) is 2.80. The number of nitrogens with zero attached hydrogens (tertiary/aromatic N) is 1. The van der Waals surface area contributed by atoms with Crippen LogP contribution >= 0.6 is 0 Å². The number of likely N-dealkylation sites (tertiary alicyclic amines) is 1. The Hall–Kier alpha value is -2.21. The lowest BCUT2D eigenvalue weighted by molar-refractivity contribution is -0.139. The number of carbonyl (C=O) groups excluding carboxylic acids is 3. The van der Waals surface area contributed by atoms with E-state index in [1.165, 1.54) is 4.90 Å².